The van der Waals surface area contributed by atoms with Crippen LogP contribution in [0.1, 0.15) is 28.8 Å². The lowest BCUT2D eigenvalue weighted by Gasteiger charge is -2.16. The number of ether oxygens (including phenoxy) is 2. The van der Waals surface area contributed by atoms with Crippen LogP contribution in [0.4, 0.5) is 10.5 Å². The molecule has 2 aromatic carbocycles. The fourth-order valence-electron chi connectivity index (χ4n) is 3.94. The lowest BCUT2D eigenvalue weighted by atomic mass is 10.1. The van der Waals surface area contributed by atoms with Crippen molar-refractivity contribution in [3.63, 3.8) is 0 Å². The van der Waals surface area contributed by atoms with Crippen molar-refractivity contribution in [1.82, 2.24) is 9.80 Å². The molecule has 8 heteroatoms. The number of methoxy groups -OCH3 is 2. The average Bonchev–Trinajstić information content (AvgIpc) is 3.33. The van der Waals surface area contributed by atoms with Gasteiger partial charge in [0.1, 0.15) is 6.04 Å². The van der Waals surface area contributed by atoms with Gasteiger partial charge in [0.2, 0.25) is 0 Å². The van der Waals surface area contributed by atoms with Crippen molar-refractivity contribution >= 4 is 23.5 Å². The van der Waals surface area contributed by atoms with E-state index in [-0.39, 0.29) is 30.4 Å². The Kier molecular flexibility index (Phi) is 5.31. The van der Waals surface area contributed by atoms with Crippen LogP contribution in [-0.4, -0.2) is 54.5 Å². The lowest BCUT2D eigenvalue weighted by molar-refractivity contribution is -0.128. The van der Waals surface area contributed by atoms with Gasteiger partial charge in [0.25, 0.3) is 11.8 Å². The van der Waals surface area contributed by atoms with Crippen molar-refractivity contribution in [2.45, 2.75) is 25.4 Å². The van der Waals surface area contributed by atoms with Crippen LogP contribution in [0.2, 0.25) is 0 Å². The van der Waals surface area contributed by atoms with Gasteiger partial charge in [-0.3, -0.25) is 14.5 Å². The third-order valence-corrected chi connectivity index (χ3v) is 5.45. The summed E-state index contributed by atoms with van der Waals surface area (Å²) in [5, 5.41) is 2.84. The van der Waals surface area contributed by atoms with Gasteiger partial charge in [0, 0.05) is 17.8 Å². The van der Waals surface area contributed by atoms with Crippen molar-refractivity contribution in [3.8, 4) is 11.5 Å². The minimum Gasteiger partial charge on any atom is -0.493 e. The van der Waals surface area contributed by atoms with Crippen LogP contribution in [0.25, 0.3) is 0 Å². The standard InChI is InChI=1S/C22H23N3O5/c1-29-18-9-8-15(12-19(18)30-2)20(26)23-16-6-3-5-14(11-16)13-25-21(27)17-7-4-10-24(17)22(25)28/h3,5-6,8-9,11-12,17H,4,7,10,13H2,1-2H3,(H,23,26). The van der Waals surface area contributed by atoms with Crippen LogP contribution in [0, 0.1) is 0 Å². The molecule has 2 fully saturated rings. The highest BCUT2D eigenvalue weighted by atomic mass is 16.5. The van der Waals surface area contributed by atoms with Crippen molar-refractivity contribution in [1.29, 1.82) is 0 Å². The average molecular weight is 409 g/mol. The second kappa shape index (κ2) is 8.06. The number of rotatable bonds is 6. The Morgan fingerprint density at radius 1 is 1.10 bits per heavy atom. The summed E-state index contributed by atoms with van der Waals surface area (Å²) in [7, 11) is 3.04. The maximum absolute atomic E-state index is 12.6. The quantitative estimate of drug-likeness (QED) is 0.742. The molecule has 4 rings (SSSR count). The third kappa shape index (κ3) is 3.56. The van der Waals surface area contributed by atoms with E-state index in [1.54, 1.807) is 41.3 Å². The summed E-state index contributed by atoms with van der Waals surface area (Å²) in [5.41, 5.74) is 1.76. The molecular weight excluding hydrogens is 386 g/mol. The predicted octanol–water partition coefficient (Wildman–Crippen LogP) is 2.88. The zero-order chi connectivity index (χ0) is 21.3. The number of amides is 4. The molecule has 0 radical (unpaired) electrons. The number of nitrogens with one attached hydrogen (secondary N) is 1. The van der Waals surface area contributed by atoms with Gasteiger partial charge in [-0.1, -0.05) is 12.1 Å². The molecule has 2 aromatic rings. The second-order valence-electron chi connectivity index (χ2n) is 7.28. The number of fused-ring (bicyclic) bond motifs is 1. The minimum atomic E-state index is -0.314. The summed E-state index contributed by atoms with van der Waals surface area (Å²) in [6.45, 7) is 0.817. The van der Waals surface area contributed by atoms with Crippen molar-refractivity contribution < 1.29 is 23.9 Å². The van der Waals surface area contributed by atoms with Crippen molar-refractivity contribution in [3.05, 3.63) is 53.6 Å². The van der Waals surface area contributed by atoms with Gasteiger partial charge in [-0.25, -0.2) is 4.79 Å². The molecule has 2 saturated heterocycles. The molecule has 0 aliphatic carbocycles. The van der Waals surface area contributed by atoms with E-state index in [0.717, 1.165) is 18.4 Å². The van der Waals surface area contributed by atoms with Crippen LogP contribution >= 0.6 is 0 Å². The molecule has 0 saturated carbocycles. The number of anilines is 1. The number of urea groups is 1. The van der Waals surface area contributed by atoms with Gasteiger partial charge in [-0.05, 0) is 48.7 Å². The molecular formula is C22H23N3O5. The highest BCUT2D eigenvalue weighted by molar-refractivity contribution is 6.05. The summed E-state index contributed by atoms with van der Waals surface area (Å²) in [4.78, 5) is 40.6. The first-order chi connectivity index (χ1) is 14.5. The highest BCUT2D eigenvalue weighted by Crippen LogP contribution is 2.30. The summed E-state index contributed by atoms with van der Waals surface area (Å²) >= 11 is 0. The number of nitrogens with zero attached hydrogens (tertiary/aromatic N) is 2. The Labute approximate surface area is 174 Å². The summed E-state index contributed by atoms with van der Waals surface area (Å²) in [5.74, 6) is 0.557. The normalized spacial score (nSPS) is 17.9. The topological polar surface area (TPSA) is 88.2 Å². The highest BCUT2D eigenvalue weighted by Gasteiger charge is 2.47. The van der Waals surface area contributed by atoms with Gasteiger partial charge >= 0.3 is 6.03 Å². The largest absolute Gasteiger partial charge is 0.493 e. The van der Waals surface area contributed by atoms with Crippen LogP contribution < -0.4 is 14.8 Å². The summed E-state index contributed by atoms with van der Waals surface area (Å²) in [6.07, 6.45) is 1.59. The Morgan fingerprint density at radius 3 is 2.63 bits per heavy atom. The van der Waals surface area contributed by atoms with E-state index >= 15 is 0 Å². The molecule has 1 unspecified atom stereocenters. The van der Waals surface area contributed by atoms with Crippen molar-refractivity contribution in [2.75, 3.05) is 26.1 Å². The molecule has 2 aliphatic heterocycles. The zero-order valence-electron chi connectivity index (χ0n) is 16.9. The monoisotopic (exact) mass is 409 g/mol. The van der Waals surface area contributed by atoms with Gasteiger partial charge in [-0.2, -0.15) is 0 Å². The molecule has 2 heterocycles. The maximum atomic E-state index is 12.6. The fourth-order valence-corrected chi connectivity index (χ4v) is 3.94. The zero-order valence-corrected chi connectivity index (χ0v) is 16.9. The van der Waals surface area contributed by atoms with E-state index in [4.69, 9.17) is 9.47 Å². The van der Waals surface area contributed by atoms with Gasteiger partial charge in [-0.15, -0.1) is 0 Å². The molecule has 0 bridgehead atoms. The molecule has 0 spiro atoms. The van der Waals surface area contributed by atoms with E-state index in [0.29, 0.717) is 29.3 Å². The summed E-state index contributed by atoms with van der Waals surface area (Å²) < 4.78 is 10.4. The Hall–Kier alpha value is -3.55. The lowest BCUT2D eigenvalue weighted by Crippen LogP contribution is -2.32. The Bertz CT molecular complexity index is 984. The number of imide groups is 1. The van der Waals surface area contributed by atoms with Gasteiger partial charge in [0.15, 0.2) is 11.5 Å². The van der Waals surface area contributed by atoms with Crippen LogP contribution in [-0.2, 0) is 11.3 Å². The van der Waals surface area contributed by atoms with E-state index in [1.807, 2.05) is 6.07 Å². The second-order valence-corrected chi connectivity index (χ2v) is 7.28. The first-order valence-electron chi connectivity index (χ1n) is 9.76. The molecule has 2 aliphatic rings. The SMILES string of the molecule is COc1ccc(C(=O)Nc2cccc(CN3C(=O)C4CCCN4C3=O)c2)cc1OC. The van der Waals surface area contributed by atoms with Crippen LogP contribution in [0.3, 0.4) is 0 Å². The van der Waals surface area contributed by atoms with E-state index < -0.39 is 0 Å². The molecule has 0 aromatic heterocycles. The van der Waals surface area contributed by atoms with Crippen LogP contribution in [0.15, 0.2) is 42.5 Å². The van der Waals surface area contributed by atoms with Gasteiger partial charge in [0.05, 0.1) is 20.8 Å². The first-order valence-corrected chi connectivity index (χ1v) is 9.76. The maximum Gasteiger partial charge on any atom is 0.327 e. The Balaban J connectivity index is 1.47. The number of carbonyl (C=O) groups excluding carboxylic acids is 3. The Morgan fingerprint density at radius 2 is 1.90 bits per heavy atom. The first kappa shape index (κ1) is 19.8. The predicted molar refractivity (Wildman–Crippen MR) is 110 cm³/mol. The van der Waals surface area contributed by atoms with E-state index in [2.05, 4.69) is 5.32 Å². The summed E-state index contributed by atoms with van der Waals surface area (Å²) in [6, 6.07) is 11.5. The fraction of sp³-hybridized carbons (Fsp3) is 0.318. The molecule has 4 amide bonds. The van der Waals surface area contributed by atoms with E-state index in [1.165, 1.54) is 19.1 Å². The minimum absolute atomic E-state index is 0.141. The third-order valence-electron chi connectivity index (χ3n) is 5.45. The van der Waals surface area contributed by atoms with Crippen LogP contribution in [0.5, 0.6) is 11.5 Å². The van der Waals surface area contributed by atoms with Crippen molar-refractivity contribution in [2.24, 2.45) is 0 Å². The van der Waals surface area contributed by atoms with Gasteiger partial charge < -0.3 is 19.7 Å². The smallest absolute Gasteiger partial charge is 0.327 e. The molecule has 156 valence electrons. The molecule has 1 N–H and O–H groups in total. The molecule has 30 heavy (non-hydrogen) atoms. The number of hydrogen-bond donors (Lipinski definition) is 1. The molecule has 1 atom stereocenters. The molecule has 8 nitrogen and oxygen atoms in total. The number of carbonyl (C=O) groups is 3. The van der Waals surface area contributed by atoms with E-state index in [9.17, 15) is 14.4 Å². The number of benzene rings is 2. The number of hydrogen-bond acceptors (Lipinski definition) is 5.